The third-order valence-corrected chi connectivity index (χ3v) is 14.0. The van der Waals surface area contributed by atoms with E-state index in [1.165, 1.54) is 37.7 Å². The van der Waals surface area contributed by atoms with Crippen LogP contribution in [0.25, 0.3) is 149 Å². The summed E-state index contributed by atoms with van der Waals surface area (Å²) in [5.41, 5.74) is 11.3. The minimum atomic E-state index is 0.571. The molecule has 0 aliphatic heterocycles. The molecule has 15 rings (SSSR count). The summed E-state index contributed by atoms with van der Waals surface area (Å²) in [5.74, 6) is 1.77. The van der Waals surface area contributed by atoms with Crippen molar-refractivity contribution in [2.75, 3.05) is 0 Å². The summed E-state index contributed by atoms with van der Waals surface area (Å²) in [6.07, 6.45) is 0. The Morgan fingerprint density at radius 2 is 0.797 bits per heavy atom. The maximum Gasteiger partial charge on any atom is 0.164 e. The number of hydrogen-bond donors (Lipinski definition) is 0. The normalized spacial score (nSPS) is 12.1. The van der Waals surface area contributed by atoms with Gasteiger partial charge in [0.25, 0.3) is 0 Å². The fraction of sp³-hybridized carbons (Fsp3) is 0. The maximum atomic E-state index is 6.88. The van der Waals surface area contributed by atoms with Gasteiger partial charge in [-0.3, -0.25) is 0 Å². The van der Waals surface area contributed by atoms with E-state index in [-0.39, 0.29) is 0 Å². The number of para-hydroxylation sites is 3. The quantitative estimate of drug-likeness (QED) is 0.161. The van der Waals surface area contributed by atoms with Crippen LogP contribution in [0.5, 0.6) is 0 Å². The largest absolute Gasteiger partial charge is 0.456 e. The molecule has 0 amide bonds. The van der Waals surface area contributed by atoms with Crippen molar-refractivity contribution in [2.24, 2.45) is 0 Å². The zero-order valence-electron chi connectivity index (χ0n) is 36.9. The van der Waals surface area contributed by atoms with Gasteiger partial charge in [-0.05, 0) is 92.0 Å². The summed E-state index contributed by atoms with van der Waals surface area (Å²) in [7, 11) is 0. The summed E-state index contributed by atoms with van der Waals surface area (Å²) in [6.45, 7) is 0. The zero-order chi connectivity index (χ0) is 45.2. The molecule has 4 heterocycles. The Hall–Kier alpha value is -9.39. The van der Waals surface area contributed by atoms with Crippen LogP contribution in [0.15, 0.2) is 227 Å². The first-order valence-corrected chi connectivity index (χ1v) is 23.3. The van der Waals surface area contributed by atoms with Crippen molar-refractivity contribution in [1.29, 1.82) is 0 Å². The van der Waals surface area contributed by atoms with Gasteiger partial charge < -0.3 is 13.4 Å². The van der Waals surface area contributed by atoms with Crippen LogP contribution in [-0.2, 0) is 0 Å². The molecule has 15 aromatic rings. The third kappa shape index (κ3) is 5.63. The summed E-state index contributed by atoms with van der Waals surface area (Å²) in [5, 5.41) is 13.7. The average molecular weight is 881 g/mol. The molecular weight excluding hydrogens is 845 g/mol. The van der Waals surface area contributed by atoms with E-state index in [1.807, 2.05) is 30.3 Å². The van der Waals surface area contributed by atoms with Crippen LogP contribution in [0, 0.1) is 0 Å². The van der Waals surface area contributed by atoms with E-state index >= 15 is 0 Å². The monoisotopic (exact) mass is 880 g/mol. The van der Waals surface area contributed by atoms with Crippen molar-refractivity contribution in [3.8, 4) is 51.0 Å². The van der Waals surface area contributed by atoms with Crippen molar-refractivity contribution in [3.05, 3.63) is 218 Å². The van der Waals surface area contributed by atoms with Gasteiger partial charge in [0.2, 0.25) is 0 Å². The van der Waals surface area contributed by atoms with Crippen molar-refractivity contribution < 1.29 is 8.83 Å². The second-order valence-corrected chi connectivity index (χ2v) is 17.8. The van der Waals surface area contributed by atoms with Gasteiger partial charge in [0.1, 0.15) is 16.7 Å². The number of benzene rings is 11. The molecule has 0 N–H and O–H groups in total. The first kappa shape index (κ1) is 37.8. The highest BCUT2D eigenvalue weighted by Gasteiger charge is 2.22. The molecule has 0 fully saturated rings. The van der Waals surface area contributed by atoms with E-state index in [2.05, 4.69) is 193 Å². The molecule has 0 saturated heterocycles. The lowest BCUT2D eigenvalue weighted by atomic mass is 9.93. The number of fused-ring (bicyclic) bond motifs is 15. The molecule has 0 aliphatic carbocycles. The molecule has 4 aromatic heterocycles. The van der Waals surface area contributed by atoms with E-state index in [0.29, 0.717) is 17.5 Å². The van der Waals surface area contributed by atoms with Crippen LogP contribution in [0.2, 0.25) is 0 Å². The lowest BCUT2D eigenvalue weighted by molar-refractivity contribution is 0.666. The van der Waals surface area contributed by atoms with Crippen molar-refractivity contribution in [2.45, 2.75) is 0 Å². The molecule has 0 spiro atoms. The van der Waals surface area contributed by atoms with Crippen molar-refractivity contribution in [1.82, 2.24) is 19.5 Å². The summed E-state index contributed by atoms with van der Waals surface area (Å²) < 4.78 is 15.9. The van der Waals surface area contributed by atoms with Crippen molar-refractivity contribution in [3.63, 3.8) is 0 Å². The lowest BCUT2D eigenvalue weighted by Gasteiger charge is -2.13. The van der Waals surface area contributed by atoms with Crippen LogP contribution in [-0.4, -0.2) is 19.5 Å². The second kappa shape index (κ2) is 14.6. The Bertz CT molecular complexity index is 4530. The maximum absolute atomic E-state index is 6.88. The smallest absolute Gasteiger partial charge is 0.164 e. The fourth-order valence-electron chi connectivity index (χ4n) is 11.0. The van der Waals surface area contributed by atoms with Gasteiger partial charge in [-0.1, -0.05) is 170 Å². The van der Waals surface area contributed by atoms with Gasteiger partial charge >= 0.3 is 0 Å². The Kier molecular flexibility index (Phi) is 7.97. The van der Waals surface area contributed by atoms with E-state index in [9.17, 15) is 0 Å². The Morgan fingerprint density at radius 1 is 0.290 bits per heavy atom. The van der Waals surface area contributed by atoms with E-state index in [0.717, 1.165) is 93.8 Å². The Labute approximate surface area is 394 Å². The van der Waals surface area contributed by atoms with Crippen LogP contribution in [0.1, 0.15) is 0 Å². The lowest BCUT2D eigenvalue weighted by Crippen LogP contribution is -2.00. The Morgan fingerprint density at radius 3 is 1.51 bits per heavy atom. The number of hydrogen-bond acceptors (Lipinski definition) is 5. The predicted octanol–water partition coefficient (Wildman–Crippen LogP) is 16.9. The number of rotatable bonds is 5. The van der Waals surface area contributed by atoms with Crippen molar-refractivity contribution >= 4 is 98.0 Å². The zero-order valence-corrected chi connectivity index (χ0v) is 36.9. The van der Waals surface area contributed by atoms with Gasteiger partial charge in [0.05, 0.1) is 16.7 Å². The molecule has 0 atom stereocenters. The standard InChI is InChI=1S/C63H36N4O2/c1-2-15-37(16-3-1)61-64-62(39-31-33-45-43-19-5-4-17-41(43)42-18-6-7-20-44(42)50(45)36-39)66-63(65-61)49-25-14-29-56-59(49)51-35-38(32-34-55(51)68-56)40-23-13-30-57-58(40)48-24-12-28-54(60(48)69-57)67-52-26-10-8-21-46(52)47-22-9-11-27-53(47)67/h1-36H. The molecule has 0 saturated carbocycles. The molecule has 6 nitrogen and oxygen atoms in total. The highest BCUT2D eigenvalue weighted by atomic mass is 16.3. The first-order valence-electron chi connectivity index (χ1n) is 23.3. The SMILES string of the molecule is c1ccc(-c2nc(-c3ccc4c5ccccc5c5ccccc5c4c3)nc(-c3cccc4oc5ccc(-c6cccc7oc8c(-n9c%10ccccc%10c%10ccccc%109)cccc8c67)cc5c34)n2)cc1. The first-order chi connectivity index (χ1) is 34.2. The summed E-state index contributed by atoms with van der Waals surface area (Å²) in [4.78, 5) is 15.7. The minimum absolute atomic E-state index is 0.571. The van der Waals surface area contributed by atoms with E-state index < -0.39 is 0 Å². The molecule has 6 heteroatoms. The molecule has 0 aliphatic rings. The molecule has 0 bridgehead atoms. The highest BCUT2D eigenvalue weighted by Crippen LogP contribution is 2.44. The number of aromatic nitrogens is 4. The summed E-state index contributed by atoms with van der Waals surface area (Å²) in [6, 6.07) is 76.7. The second-order valence-electron chi connectivity index (χ2n) is 17.8. The van der Waals surface area contributed by atoms with Gasteiger partial charge in [0.15, 0.2) is 23.1 Å². The summed E-state index contributed by atoms with van der Waals surface area (Å²) >= 11 is 0. The predicted molar refractivity (Wildman–Crippen MR) is 283 cm³/mol. The van der Waals surface area contributed by atoms with Crippen LogP contribution >= 0.6 is 0 Å². The molecule has 69 heavy (non-hydrogen) atoms. The fourth-order valence-corrected chi connectivity index (χ4v) is 11.0. The van der Waals surface area contributed by atoms with Crippen LogP contribution in [0.4, 0.5) is 0 Å². The van der Waals surface area contributed by atoms with E-state index in [4.69, 9.17) is 23.8 Å². The van der Waals surface area contributed by atoms with Gasteiger partial charge in [-0.2, -0.15) is 0 Å². The molecule has 320 valence electrons. The van der Waals surface area contributed by atoms with Crippen LogP contribution in [0.3, 0.4) is 0 Å². The minimum Gasteiger partial charge on any atom is -0.456 e. The topological polar surface area (TPSA) is 69.9 Å². The molecular formula is C63H36N4O2. The third-order valence-electron chi connectivity index (χ3n) is 14.0. The van der Waals surface area contributed by atoms with E-state index in [1.54, 1.807) is 0 Å². The van der Waals surface area contributed by atoms with Gasteiger partial charge in [0, 0.05) is 49.0 Å². The number of nitrogens with zero attached hydrogens (tertiary/aromatic N) is 4. The molecule has 11 aromatic carbocycles. The molecule has 0 radical (unpaired) electrons. The average Bonchev–Trinajstić information content (AvgIpc) is 4.11. The number of furan rings is 2. The Balaban J connectivity index is 0.920. The van der Waals surface area contributed by atoms with Gasteiger partial charge in [-0.25, -0.2) is 15.0 Å². The molecule has 0 unspecified atom stereocenters. The van der Waals surface area contributed by atoms with Gasteiger partial charge in [-0.15, -0.1) is 0 Å². The van der Waals surface area contributed by atoms with Crippen LogP contribution < -0.4 is 0 Å². The highest BCUT2D eigenvalue weighted by molar-refractivity contribution is 6.26.